The number of aromatic nitrogens is 2. The van der Waals surface area contributed by atoms with Gasteiger partial charge in [0, 0.05) is 0 Å². The van der Waals surface area contributed by atoms with Gasteiger partial charge in [0.05, 0.1) is 16.8 Å². The number of rotatable bonds is 3. The summed E-state index contributed by atoms with van der Waals surface area (Å²) in [4.78, 5) is 22.3. The van der Waals surface area contributed by atoms with E-state index in [1.807, 2.05) is 0 Å². The van der Waals surface area contributed by atoms with Gasteiger partial charge in [0.15, 0.2) is 0 Å². The fourth-order valence-electron chi connectivity index (χ4n) is 1.75. The number of carboxylic acids is 1. The number of nitrogens with one attached hydrogen (secondary N) is 2. The fraction of sp³-hybridized carbons (Fsp3) is 0.273. The van der Waals surface area contributed by atoms with Crippen LogP contribution < -0.4 is 5.56 Å². The number of carbonyl (C=O) groups is 1. The van der Waals surface area contributed by atoms with Crippen LogP contribution in [-0.2, 0) is 11.2 Å². The van der Waals surface area contributed by atoms with Crippen LogP contribution in [0.25, 0.3) is 10.9 Å². The molecule has 0 saturated heterocycles. The van der Waals surface area contributed by atoms with E-state index < -0.39 is 11.9 Å². The van der Waals surface area contributed by atoms with Crippen LogP contribution in [0.15, 0.2) is 23.0 Å². The van der Waals surface area contributed by atoms with Gasteiger partial charge in [-0.05, 0) is 18.1 Å². The van der Waals surface area contributed by atoms with Gasteiger partial charge in [-0.25, -0.2) is 0 Å². The Hall–Kier alpha value is -2.04. The third kappa shape index (κ3) is 1.71. The summed E-state index contributed by atoms with van der Waals surface area (Å²) in [6.45, 7) is 1.63. The predicted octanol–water partition coefficient (Wildman–Crippen LogP) is 1.12. The molecule has 1 atom stereocenters. The number of H-pyrrole nitrogens is 2. The largest absolute Gasteiger partial charge is 0.481 e. The van der Waals surface area contributed by atoms with Crippen LogP contribution in [0.3, 0.4) is 0 Å². The van der Waals surface area contributed by atoms with Crippen molar-refractivity contribution in [2.75, 3.05) is 0 Å². The van der Waals surface area contributed by atoms with Gasteiger partial charge in [-0.15, -0.1) is 0 Å². The van der Waals surface area contributed by atoms with Crippen LogP contribution >= 0.6 is 0 Å². The Morgan fingerprint density at radius 1 is 1.44 bits per heavy atom. The number of hydrogen-bond donors (Lipinski definition) is 3. The average molecular weight is 220 g/mol. The summed E-state index contributed by atoms with van der Waals surface area (Å²) in [5.74, 6) is -1.36. The first-order valence-corrected chi connectivity index (χ1v) is 5.00. The fourth-order valence-corrected chi connectivity index (χ4v) is 1.75. The summed E-state index contributed by atoms with van der Waals surface area (Å²) in [6, 6.07) is 5.36. The topological polar surface area (TPSA) is 86.0 Å². The number of fused-ring (bicyclic) bond motifs is 1. The normalized spacial score (nSPS) is 12.8. The Morgan fingerprint density at radius 3 is 2.88 bits per heavy atom. The lowest BCUT2D eigenvalue weighted by molar-refractivity contribution is -0.141. The maximum absolute atomic E-state index is 11.5. The lowest BCUT2D eigenvalue weighted by atomic mass is 9.99. The van der Waals surface area contributed by atoms with E-state index >= 15 is 0 Å². The standard InChI is InChI=1S/C11H12N2O3/c1-6(11(15)16)5-7-3-2-4-8-9(7)10(14)13-12-8/h2-4,6H,5H2,1H3,(H,15,16)(H2,12,13,14). The second kappa shape index (κ2) is 3.84. The molecule has 0 aliphatic rings. The quantitative estimate of drug-likeness (QED) is 0.724. The molecule has 16 heavy (non-hydrogen) atoms. The van der Waals surface area contributed by atoms with Gasteiger partial charge in [0.25, 0.3) is 5.56 Å². The minimum Gasteiger partial charge on any atom is -0.481 e. The van der Waals surface area contributed by atoms with Crippen LogP contribution in [0.5, 0.6) is 0 Å². The zero-order valence-corrected chi connectivity index (χ0v) is 8.78. The monoisotopic (exact) mass is 220 g/mol. The summed E-state index contributed by atoms with van der Waals surface area (Å²) < 4.78 is 0. The minimum atomic E-state index is -0.857. The molecule has 1 unspecified atom stereocenters. The molecule has 5 nitrogen and oxygen atoms in total. The highest BCUT2D eigenvalue weighted by Crippen LogP contribution is 2.16. The Labute approximate surface area is 91.1 Å². The highest BCUT2D eigenvalue weighted by Gasteiger charge is 2.15. The predicted molar refractivity (Wildman–Crippen MR) is 59.4 cm³/mol. The van der Waals surface area contributed by atoms with Crippen molar-refractivity contribution >= 4 is 16.9 Å². The van der Waals surface area contributed by atoms with Crippen LogP contribution in [0.2, 0.25) is 0 Å². The summed E-state index contributed by atoms with van der Waals surface area (Å²) in [5, 5.41) is 14.6. The van der Waals surface area contributed by atoms with E-state index in [0.717, 1.165) is 5.56 Å². The van der Waals surface area contributed by atoms with E-state index in [0.29, 0.717) is 17.3 Å². The van der Waals surface area contributed by atoms with Crippen molar-refractivity contribution < 1.29 is 9.90 Å². The molecule has 0 aliphatic carbocycles. The third-order valence-corrected chi connectivity index (χ3v) is 2.64. The SMILES string of the molecule is CC(Cc1cccc2[nH][nH]c(=O)c12)C(=O)O. The van der Waals surface area contributed by atoms with Crippen molar-refractivity contribution in [3.63, 3.8) is 0 Å². The summed E-state index contributed by atoms with van der Waals surface area (Å²) in [7, 11) is 0. The van der Waals surface area contributed by atoms with E-state index in [9.17, 15) is 9.59 Å². The molecule has 0 bridgehead atoms. The van der Waals surface area contributed by atoms with E-state index in [-0.39, 0.29) is 5.56 Å². The van der Waals surface area contributed by atoms with Gasteiger partial charge in [-0.1, -0.05) is 19.1 Å². The molecule has 0 amide bonds. The van der Waals surface area contributed by atoms with Gasteiger partial charge in [-0.3, -0.25) is 19.8 Å². The van der Waals surface area contributed by atoms with Gasteiger partial charge >= 0.3 is 5.97 Å². The second-order valence-corrected chi connectivity index (χ2v) is 3.86. The third-order valence-electron chi connectivity index (χ3n) is 2.64. The maximum Gasteiger partial charge on any atom is 0.306 e. The van der Waals surface area contributed by atoms with Crippen molar-refractivity contribution in [1.29, 1.82) is 0 Å². The first kappa shape index (κ1) is 10.5. The van der Waals surface area contributed by atoms with Crippen molar-refractivity contribution in [3.8, 4) is 0 Å². The summed E-state index contributed by atoms with van der Waals surface area (Å²) >= 11 is 0. The molecule has 84 valence electrons. The number of hydrogen-bond acceptors (Lipinski definition) is 2. The first-order valence-electron chi connectivity index (χ1n) is 5.00. The number of aromatic amines is 2. The molecule has 1 aromatic carbocycles. The number of aliphatic carboxylic acids is 1. The highest BCUT2D eigenvalue weighted by atomic mass is 16.4. The molecular weight excluding hydrogens is 208 g/mol. The summed E-state index contributed by atoms with van der Waals surface area (Å²) in [6.07, 6.45) is 0.355. The molecule has 0 saturated carbocycles. The van der Waals surface area contributed by atoms with Gasteiger partial charge < -0.3 is 5.11 Å². The number of benzene rings is 1. The first-order chi connectivity index (χ1) is 7.59. The molecule has 2 rings (SSSR count). The molecule has 5 heteroatoms. The molecule has 0 aliphatic heterocycles. The molecule has 0 radical (unpaired) electrons. The second-order valence-electron chi connectivity index (χ2n) is 3.86. The Bertz CT molecular complexity index is 582. The van der Waals surface area contributed by atoms with E-state index in [1.165, 1.54) is 0 Å². The zero-order valence-electron chi connectivity index (χ0n) is 8.78. The minimum absolute atomic E-state index is 0.205. The van der Waals surface area contributed by atoms with Crippen LogP contribution in [-0.4, -0.2) is 21.3 Å². The van der Waals surface area contributed by atoms with Gasteiger partial charge in [-0.2, -0.15) is 0 Å². The smallest absolute Gasteiger partial charge is 0.306 e. The molecule has 0 spiro atoms. The van der Waals surface area contributed by atoms with Crippen LogP contribution in [0.1, 0.15) is 12.5 Å². The van der Waals surface area contributed by atoms with Crippen molar-refractivity contribution in [2.24, 2.45) is 5.92 Å². The molecule has 0 fully saturated rings. The zero-order chi connectivity index (χ0) is 11.7. The highest BCUT2D eigenvalue weighted by molar-refractivity contribution is 5.82. The van der Waals surface area contributed by atoms with Crippen molar-refractivity contribution in [3.05, 3.63) is 34.1 Å². The maximum atomic E-state index is 11.5. The van der Waals surface area contributed by atoms with E-state index in [4.69, 9.17) is 5.11 Å². The molecule has 1 aromatic heterocycles. The van der Waals surface area contributed by atoms with E-state index in [2.05, 4.69) is 10.2 Å². The molecular formula is C11H12N2O3. The molecule has 3 N–H and O–H groups in total. The van der Waals surface area contributed by atoms with Crippen LogP contribution in [0, 0.1) is 5.92 Å². The van der Waals surface area contributed by atoms with Gasteiger partial charge in [0.1, 0.15) is 0 Å². The lowest BCUT2D eigenvalue weighted by Gasteiger charge is -2.06. The average Bonchev–Trinajstić information content (AvgIpc) is 2.61. The van der Waals surface area contributed by atoms with Crippen molar-refractivity contribution in [2.45, 2.75) is 13.3 Å². The Balaban J connectivity index is 2.48. The molecule has 1 heterocycles. The van der Waals surface area contributed by atoms with Gasteiger partial charge in [0.2, 0.25) is 0 Å². The van der Waals surface area contributed by atoms with Crippen LogP contribution in [0.4, 0.5) is 0 Å². The van der Waals surface area contributed by atoms with E-state index in [1.54, 1.807) is 25.1 Å². The molecule has 2 aromatic rings. The van der Waals surface area contributed by atoms with Crippen molar-refractivity contribution in [1.82, 2.24) is 10.2 Å². The Kier molecular flexibility index (Phi) is 2.52. The Morgan fingerprint density at radius 2 is 2.19 bits per heavy atom. The lowest BCUT2D eigenvalue weighted by Crippen LogP contribution is -2.13. The summed E-state index contributed by atoms with van der Waals surface area (Å²) in [5.41, 5.74) is 1.26. The number of carboxylic acid groups (broad SMARTS) is 1.